The molecule has 2 heteroatoms. The van der Waals surface area contributed by atoms with Crippen molar-refractivity contribution in [3.05, 3.63) is 34.3 Å². The fourth-order valence-electron chi connectivity index (χ4n) is 2.10. The minimum absolute atomic E-state index is 0.386. The van der Waals surface area contributed by atoms with Crippen LogP contribution in [0, 0.1) is 12.8 Å². The van der Waals surface area contributed by atoms with Crippen LogP contribution in [0.4, 0.5) is 0 Å². The fourth-order valence-corrected chi connectivity index (χ4v) is 2.35. The van der Waals surface area contributed by atoms with Gasteiger partial charge in [-0.3, -0.25) is 0 Å². The Kier molecular flexibility index (Phi) is 3.32. The van der Waals surface area contributed by atoms with E-state index in [4.69, 9.17) is 11.6 Å². The molecular weight excluding hydrogens is 208 g/mol. The average molecular weight is 225 g/mol. The van der Waals surface area contributed by atoms with Crippen LogP contribution in [0.25, 0.3) is 0 Å². The van der Waals surface area contributed by atoms with Crippen LogP contribution >= 0.6 is 11.6 Å². The van der Waals surface area contributed by atoms with E-state index in [2.05, 4.69) is 0 Å². The molecule has 1 N–H and O–H groups in total. The third kappa shape index (κ3) is 2.35. The van der Waals surface area contributed by atoms with Gasteiger partial charge in [-0.2, -0.15) is 0 Å². The summed E-state index contributed by atoms with van der Waals surface area (Å²) in [6, 6.07) is 5.86. The lowest BCUT2D eigenvalue weighted by Crippen LogP contribution is -2.15. The number of benzene rings is 1. The summed E-state index contributed by atoms with van der Waals surface area (Å²) in [5.74, 6) is 0.705. The Morgan fingerprint density at radius 1 is 1.47 bits per heavy atom. The van der Waals surface area contributed by atoms with Crippen molar-refractivity contribution in [1.29, 1.82) is 0 Å². The first kappa shape index (κ1) is 11.0. The highest BCUT2D eigenvalue weighted by atomic mass is 35.5. The third-order valence-electron chi connectivity index (χ3n) is 3.36. The van der Waals surface area contributed by atoms with E-state index >= 15 is 0 Å². The zero-order valence-corrected chi connectivity index (χ0v) is 9.80. The third-order valence-corrected chi connectivity index (χ3v) is 3.88. The number of hydrogen-bond donors (Lipinski definition) is 1. The van der Waals surface area contributed by atoms with E-state index in [1.807, 2.05) is 25.1 Å². The van der Waals surface area contributed by atoms with Gasteiger partial charge in [0.1, 0.15) is 0 Å². The smallest absolute Gasteiger partial charge is 0.0807 e. The number of aliphatic hydroxyl groups is 1. The molecule has 2 rings (SSSR count). The van der Waals surface area contributed by atoms with Gasteiger partial charge in [-0.15, -0.1) is 0 Å². The van der Waals surface area contributed by atoms with Gasteiger partial charge in [-0.25, -0.2) is 0 Å². The van der Waals surface area contributed by atoms with Crippen molar-refractivity contribution in [3.8, 4) is 0 Å². The molecule has 1 saturated carbocycles. The standard InChI is InChI=1S/C13H17ClO/c1-9-4-2-7-11(13(9)14)12(15)8-10-5-3-6-10/h2,4,7,10,12,15H,3,5-6,8H2,1H3. The van der Waals surface area contributed by atoms with Gasteiger partial charge in [-0.1, -0.05) is 49.1 Å². The Morgan fingerprint density at radius 3 is 2.80 bits per heavy atom. The number of rotatable bonds is 3. The molecule has 15 heavy (non-hydrogen) atoms. The average Bonchev–Trinajstić information content (AvgIpc) is 2.15. The summed E-state index contributed by atoms with van der Waals surface area (Å²) in [7, 11) is 0. The molecule has 1 nitrogen and oxygen atoms in total. The van der Waals surface area contributed by atoms with Crippen LogP contribution in [0.2, 0.25) is 5.02 Å². The molecule has 0 aliphatic heterocycles. The number of hydrogen-bond acceptors (Lipinski definition) is 1. The predicted molar refractivity (Wildman–Crippen MR) is 63.1 cm³/mol. The van der Waals surface area contributed by atoms with Crippen LogP contribution in [0.5, 0.6) is 0 Å². The lowest BCUT2D eigenvalue weighted by Gasteiger charge is -2.28. The van der Waals surface area contributed by atoms with Crippen LogP contribution in [-0.2, 0) is 0 Å². The van der Waals surface area contributed by atoms with E-state index in [1.165, 1.54) is 19.3 Å². The van der Waals surface area contributed by atoms with E-state index in [0.29, 0.717) is 5.92 Å². The number of halogens is 1. The van der Waals surface area contributed by atoms with Crippen molar-refractivity contribution in [3.63, 3.8) is 0 Å². The van der Waals surface area contributed by atoms with E-state index in [0.717, 1.165) is 22.6 Å². The quantitative estimate of drug-likeness (QED) is 0.827. The van der Waals surface area contributed by atoms with Crippen molar-refractivity contribution in [2.24, 2.45) is 5.92 Å². The lowest BCUT2D eigenvalue weighted by atomic mass is 9.80. The van der Waals surface area contributed by atoms with Crippen molar-refractivity contribution in [2.45, 2.75) is 38.7 Å². The van der Waals surface area contributed by atoms with Crippen LogP contribution in [-0.4, -0.2) is 5.11 Å². The minimum atomic E-state index is -0.386. The van der Waals surface area contributed by atoms with Gasteiger partial charge in [0, 0.05) is 5.02 Å². The molecule has 1 atom stereocenters. The highest BCUT2D eigenvalue weighted by Gasteiger charge is 2.23. The Balaban J connectivity index is 2.09. The molecule has 1 aromatic rings. The van der Waals surface area contributed by atoms with Crippen molar-refractivity contribution in [1.82, 2.24) is 0 Å². The molecule has 0 aromatic heterocycles. The highest BCUT2D eigenvalue weighted by molar-refractivity contribution is 6.32. The summed E-state index contributed by atoms with van der Waals surface area (Å²) in [6.45, 7) is 1.97. The maximum absolute atomic E-state index is 10.1. The normalized spacial score (nSPS) is 18.6. The van der Waals surface area contributed by atoms with Crippen LogP contribution in [0.3, 0.4) is 0 Å². The highest BCUT2D eigenvalue weighted by Crippen LogP contribution is 2.36. The van der Waals surface area contributed by atoms with Crippen molar-refractivity contribution < 1.29 is 5.11 Å². The Morgan fingerprint density at radius 2 is 2.20 bits per heavy atom. The second kappa shape index (κ2) is 4.54. The van der Waals surface area contributed by atoms with E-state index in [9.17, 15) is 5.11 Å². The van der Waals surface area contributed by atoms with E-state index in [1.54, 1.807) is 0 Å². The van der Waals surface area contributed by atoms with Crippen molar-refractivity contribution in [2.75, 3.05) is 0 Å². The van der Waals surface area contributed by atoms with Gasteiger partial charge < -0.3 is 5.11 Å². The second-order valence-electron chi connectivity index (χ2n) is 4.53. The summed E-state index contributed by atoms with van der Waals surface area (Å²) in [4.78, 5) is 0. The topological polar surface area (TPSA) is 20.2 Å². The van der Waals surface area contributed by atoms with Crippen LogP contribution in [0.1, 0.15) is 42.9 Å². The molecule has 0 amide bonds. The summed E-state index contributed by atoms with van der Waals surface area (Å²) < 4.78 is 0. The van der Waals surface area contributed by atoms with Crippen molar-refractivity contribution >= 4 is 11.6 Å². The monoisotopic (exact) mass is 224 g/mol. The Hall–Kier alpha value is -0.530. The molecule has 0 saturated heterocycles. The maximum Gasteiger partial charge on any atom is 0.0807 e. The van der Waals surface area contributed by atoms with Gasteiger partial charge in [0.2, 0.25) is 0 Å². The molecular formula is C13H17ClO. The van der Waals surface area contributed by atoms with Crippen LogP contribution in [0.15, 0.2) is 18.2 Å². The number of aliphatic hydroxyl groups excluding tert-OH is 1. The molecule has 1 unspecified atom stereocenters. The summed E-state index contributed by atoms with van der Waals surface area (Å²) >= 11 is 6.17. The van der Waals surface area contributed by atoms with Gasteiger partial charge >= 0.3 is 0 Å². The molecule has 1 aromatic carbocycles. The molecule has 1 aliphatic rings. The largest absolute Gasteiger partial charge is 0.388 e. The molecule has 0 heterocycles. The Bertz CT molecular complexity index is 344. The lowest BCUT2D eigenvalue weighted by molar-refractivity contribution is 0.118. The zero-order valence-electron chi connectivity index (χ0n) is 9.04. The van der Waals surface area contributed by atoms with Gasteiger partial charge in [0.05, 0.1) is 6.10 Å². The van der Waals surface area contributed by atoms with Gasteiger partial charge in [-0.05, 0) is 30.4 Å². The summed E-state index contributed by atoms with van der Waals surface area (Å²) in [5.41, 5.74) is 1.94. The second-order valence-corrected chi connectivity index (χ2v) is 4.90. The van der Waals surface area contributed by atoms with E-state index < -0.39 is 0 Å². The predicted octanol–water partition coefficient (Wildman–Crippen LogP) is 3.87. The van der Waals surface area contributed by atoms with Gasteiger partial charge in [0.25, 0.3) is 0 Å². The van der Waals surface area contributed by atoms with Crippen LogP contribution < -0.4 is 0 Å². The molecule has 1 aliphatic carbocycles. The molecule has 0 radical (unpaired) electrons. The molecule has 82 valence electrons. The maximum atomic E-state index is 10.1. The number of aryl methyl sites for hydroxylation is 1. The summed E-state index contributed by atoms with van der Waals surface area (Å²) in [6.07, 6.45) is 4.33. The Labute approximate surface area is 96.1 Å². The zero-order chi connectivity index (χ0) is 10.8. The minimum Gasteiger partial charge on any atom is -0.388 e. The van der Waals surface area contributed by atoms with E-state index in [-0.39, 0.29) is 6.10 Å². The van der Waals surface area contributed by atoms with Gasteiger partial charge in [0.15, 0.2) is 0 Å². The molecule has 0 spiro atoms. The first-order valence-electron chi connectivity index (χ1n) is 5.61. The fraction of sp³-hybridized carbons (Fsp3) is 0.538. The molecule has 1 fully saturated rings. The summed E-state index contributed by atoms with van der Waals surface area (Å²) in [5, 5.41) is 10.8. The SMILES string of the molecule is Cc1cccc(C(O)CC2CCC2)c1Cl. The first-order valence-corrected chi connectivity index (χ1v) is 5.99. The first-order chi connectivity index (χ1) is 7.18. The molecule has 0 bridgehead atoms.